The number of hydrogen-bond acceptors (Lipinski definition) is 2. The summed E-state index contributed by atoms with van der Waals surface area (Å²) < 4.78 is 1.01. The largest absolute Gasteiger partial charge is 0.481 e. The maximum Gasteiger partial charge on any atom is 0.305 e. The van der Waals surface area contributed by atoms with Crippen molar-refractivity contribution in [3.8, 4) is 0 Å². The van der Waals surface area contributed by atoms with Gasteiger partial charge < -0.3 is 10.4 Å². The topological polar surface area (TPSA) is 66.4 Å². The molecule has 1 aromatic carbocycles. The molecule has 0 aliphatic carbocycles. The summed E-state index contributed by atoms with van der Waals surface area (Å²) in [6.45, 7) is 3.64. The number of carbonyl (C=O) groups is 2. The van der Waals surface area contributed by atoms with E-state index in [4.69, 9.17) is 5.11 Å². The van der Waals surface area contributed by atoms with E-state index in [1.807, 2.05) is 13.0 Å². The molecule has 0 bridgehead atoms. The smallest absolute Gasteiger partial charge is 0.305 e. The zero-order valence-electron chi connectivity index (χ0n) is 9.66. The lowest BCUT2D eigenvalue weighted by Gasteiger charge is -2.12. The van der Waals surface area contributed by atoms with Crippen LogP contribution in [0.4, 0.5) is 0 Å². The first kappa shape index (κ1) is 14.0. The van der Waals surface area contributed by atoms with Crippen molar-refractivity contribution in [2.75, 3.05) is 0 Å². The first-order chi connectivity index (χ1) is 7.90. The number of amides is 1. The maximum atomic E-state index is 11.8. The Morgan fingerprint density at radius 2 is 2.12 bits per heavy atom. The van der Waals surface area contributed by atoms with E-state index in [-0.39, 0.29) is 18.4 Å². The van der Waals surface area contributed by atoms with Crippen LogP contribution in [0.3, 0.4) is 0 Å². The molecule has 1 amide bonds. The fourth-order valence-electron chi connectivity index (χ4n) is 1.35. The highest BCUT2D eigenvalue weighted by molar-refractivity contribution is 14.1. The molecular formula is C12H14INO3. The van der Waals surface area contributed by atoms with E-state index in [0.29, 0.717) is 5.56 Å². The molecule has 0 aliphatic rings. The van der Waals surface area contributed by atoms with Crippen LogP contribution in [0.2, 0.25) is 0 Å². The second-order valence-corrected chi connectivity index (χ2v) is 5.10. The van der Waals surface area contributed by atoms with Gasteiger partial charge in [0, 0.05) is 15.2 Å². The van der Waals surface area contributed by atoms with E-state index in [1.54, 1.807) is 19.1 Å². The zero-order chi connectivity index (χ0) is 13.0. The monoisotopic (exact) mass is 347 g/mol. The van der Waals surface area contributed by atoms with Gasteiger partial charge in [-0.25, -0.2) is 0 Å². The molecule has 0 saturated carbocycles. The van der Waals surface area contributed by atoms with Gasteiger partial charge in [0.05, 0.1) is 6.42 Å². The number of carbonyl (C=O) groups excluding carboxylic acids is 1. The van der Waals surface area contributed by atoms with Crippen molar-refractivity contribution in [1.82, 2.24) is 5.32 Å². The standard InChI is InChI=1S/C12H14INO3/c1-7-3-4-9(6-10(7)13)12(17)14-8(2)5-11(15)16/h3-4,6,8H,5H2,1-2H3,(H,14,17)(H,15,16). The Morgan fingerprint density at radius 3 is 2.65 bits per heavy atom. The third-order valence-electron chi connectivity index (χ3n) is 2.29. The SMILES string of the molecule is Cc1ccc(C(=O)NC(C)CC(=O)O)cc1I. The predicted molar refractivity (Wildman–Crippen MR) is 73.1 cm³/mol. The Labute approximate surface area is 114 Å². The molecule has 1 rings (SSSR count). The van der Waals surface area contributed by atoms with Crippen LogP contribution in [0, 0.1) is 10.5 Å². The van der Waals surface area contributed by atoms with Crippen LogP contribution in [-0.2, 0) is 4.79 Å². The number of carboxylic acids is 1. The van der Waals surface area contributed by atoms with Gasteiger partial charge in [-0.3, -0.25) is 9.59 Å². The minimum atomic E-state index is -0.920. The summed E-state index contributed by atoms with van der Waals surface area (Å²) in [5.41, 5.74) is 1.66. The first-order valence-corrected chi connectivity index (χ1v) is 6.27. The average Bonchev–Trinajstić information content (AvgIpc) is 2.20. The van der Waals surface area contributed by atoms with E-state index in [2.05, 4.69) is 27.9 Å². The summed E-state index contributed by atoms with van der Waals surface area (Å²) in [7, 11) is 0. The highest BCUT2D eigenvalue weighted by atomic mass is 127. The van der Waals surface area contributed by atoms with Gasteiger partial charge in [0.1, 0.15) is 0 Å². The molecular weight excluding hydrogens is 333 g/mol. The highest BCUT2D eigenvalue weighted by Gasteiger charge is 2.12. The van der Waals surface area contributed by atoms with Gasteiger partial charge in [-0.15, -0.1) is 0 Å². The van der Waals surface area contributed by atoms with Crippen LogP contribution in [0.25, 0.3) is 0 Å². The third kappa shape index (κ3) is 4.33. The molecule has 17 heavy (non-hydrogen) atoms. The average molecular weight is 347 g/mol. The molecule has 0 aromatic heterocycles. The van der Waals surface area contributed by atoms with Crippen LogP contribution in [0.5, 0.6) is 0 Å². The Bertz CT molecular complexity index is 445. The number of carboxylic acid groups (broad SMARTS) is 1. The molecule has 0 spiro atoms. The molecule has 1 unspecified atom stereocenters. The molecule has 0 saturated heterocycles. The zero-order valence-corrected chi connectivity index (χ0v) is 11.8. The Hall–Kier alpha value is -1.11. The second kappa shape index (κ2) is 6.00. The Kier molecular flexibility index (Phi) is 4.92. The van der Waals surface area contributed by atoms with Gasteiger partial charge in [-0.2, -0.15) is 0 Å². The molecule has 0 aliphatic heterocycles. The van der Waals surface area contributed by atoms with Gasteiger partial charge in [0.25, 0.3) is 5.91 Å². The highest BCUT2D eigenvalue weighted by Crippen LogP contribution is 2.13. The van der Waals surface area contributed by atoms with E-state index in [1.165, 1.54) is 0 Å². The number of aryl methyl sites for hydroxylation is 1. The lowest BCUT2D eigenvalue weighted by atomic mass is 10.1. The molecule has 1 aromatic rings. The molecule has 1 atom stereocenters. The van der Waals surface area contributed by atoms with E-state index in [9.17, 15) is 9.59 Å². The lowest BCUT2D eigenvalue weighted by Crippen LogP contribution is -2.34. The van der Waals surface area contributed by atoms with Crippen LogP contribution in [-0.4, -0.2) is 23.0 Å². The summed E-state index contributed by atoms with van der Waals surface area (Å²) in [5, 5.41) is 11.2. The molecule has 0 radical (unpaired) electrons. The van der Waals surface area contributed by atoms with E-state index >= 15 is 0 Å². The fourth-order valence-corrected chi connectivity index (χ4v) is 1.87. The van der Waals surface area contributed by atoms with Crippen molar-refractivity contribution in [2.24, 2.45) is 0 Å². The molecule has 5 heteroatoms. The second-order valence-electron chi connectivity index (χ2n) is 3.94. The van der Waals surface area contributed by atoms with Crippen molar-refractivity contribution in [1.29, 1.82) is 0 Å². The predicted octanol–water partition coefficient (Wildman–Crippen LogP) is 2.19. The molecule has 92 valence electrons. The van der Waals surface area contributed by atoms with Crippen molar-refractivity contribution in [2.45, 2.75) is 26.3 Å². The number of halogens is 1. The summed E-state index contributed by atoms with van der Waals surface area (Å²) >= 11 is 2.16. The van der Waals surface area contributed by atoms with Crippen molar-refractivity contribution < 1.29 is 14.7 Å². The first-order valence-electron chi connectivity index (χ1n) is 5.19. The van der Waals surface area contributed by atoms with Crippen LogP contribution in [0.1, 0.15) is 29.3 Å². The van der Waals surface area contributed by atoms with Crippen molar-refractivity contribution >= 4 is 34.5 Å². The van der Waals surface area contributed by atoms with Crippen molar-refractivity contribution in [3.05, 3.63) is 32.9 Å². The van der Waals surface area contributed by atoms with Gasteiger partial charge >= 0.3 is 5.97 Å². The third-order valence-corrected chi connectivity index (χ3v) is 3.45. The molecule has 4 nitrogen and oxygen atoms in total. The Morgan fingerprint density at radius 1 is 1.47 bits per heavy atom. The quantitative estimate of drug-likeness (QED) is 0.821. The van der Waals surface area contributed by atoms with Gasteiger partial charge in [-0.05, 0) is 54.1 Å². The number of aliphatic carboxylic acids is 1. The lowest BCUT2D eigenvalue weighted by molar-refractivity contribution is -0.137. The number of nitrogens with one attached hydrogen (secondary N) is 1. The van der Waals surface area contributed by atoms with Gasteiger partial charge in [0.2, 0.25) is 0 Å². The normalized spacial score (nSPS) is 11.9. The fraction of sp³-hybridized carbons (Fsp3) is 0.333. The molecule has 0 heterocycles. The minimum absolute atomic E-state index is 0.0747. The van der Waals surface area contributed by atoms with Gasteiger partial charge in [0.15, 0.2) is 0 Å². The van der Waals surface area contributed by atoms with E-state index in [0.717, 1.165) is 9.13 Å². The summed E-state index contributed by atoms with van der Waals surface area (Å²) in [6, 6.07) is 5.02. The number of hydrogen-bond donors (Lipinski definition) is 2. The molecule has 0 fully saturated rings. The number of rotatable bonds is 4. The minimum Gasteiger partial charge on any atom is -0.481 e. The van der Waals surface area contributed by atoms with Crippen LogP contribution in [0.15, 0.2) is 18.2 Å². The van der Waals surface area contributed by atoms with Crippen LogP contribution < -0.4 is 5.32 Å². The maximum absolute atomic E-state index is 11.8. The molecule has 2 N–H and O–H groups in total. The number of benzene rings is 1. The van der Waals surface area contributed by atoms with Crippen molar-refractivity contribution in [3.63, 3.8) is 0 Å². The van der Waals surface area contributed by atoms with E-state index < -0.39 is 5.97 Å². The summed E-state index contributed by atoms with van der Waals surface area (Å²) in [5.74, 6) is -1.16. The summed E-state index contributed by atoms with van der Waals surface area (Å²) in [6.07, 6.45) is -0.0747. The Balaban J connectivity index is 2.70. The summed E-state index contributed by atoms with van der Waals surface area (Å²) in [4.78, 5) is 22.3. The van der Waals surface area contributed by atoms with Gasteiger partial charge in [-0.1, -0.05) is 6.07 Å². The van der Waals surface area contributed by atoms with Crippen LogP contribution >= 0.6 is 22.6 Å².